The SMILES string of the molecule is [2H]c1c([2H])c(-c2c3ccccc3c(-c3cccc4oc5c(-c6ccccc6)cccc5c34)c3ccccc23)c([2H])c([2H])c1-c1ccccc1. The molecule has 0 spiro atoms. The maximum atomic E-state index is 9.29. The lowest BCUT2D eigenvalue weighted by atomic mass is 9.84. The highest BCUT2D eigenvalue weighted by Crippen LogP contribution is 2.47. The Hall–Kier alpha value is -5.92. The predicted molar refractivity (Wildman–Crippen MR) is 190 cm³/mol. The molecule has 0 fully saturated rings. The standard InChI is InChI=1S/C44H28O/c1-3-13-29(14-4-1)30-25-27-32(28-26-30)41-34-17-7-9-19-36(34)42(37-20-10-8-18-35(37)41)38-22-12-24-40-43(38)39-23-11-21-33(44(39)45-40)31-15-5-2-6-16-31/h1-28H/i25D,26D,27D,28D. The maximum Gasteiger partial charge on any atom is 0.143 e. The van der Waals surface area contributed by atoms with E-state index in [0.29, 0.717) is 22.3 Å². The molecule has 0 atom stereocenters. The van der Waals surface area contributed by atoms with E-state index in [1.54, 1.807) is 0 Å². The van der Waals surface area contributed by atoms with Crippen molar-refractivity contribution in [3.63, 3.8) is 0 Å². The van der Waals surface area contributed by atoms with Gasteiger partial charge in [-0.25, -0.2) is 0 Å². The highest BCUT2D eigenvalue weighted by molar-refractivity contribution is 6.26. The van der Waals surface area contributed by atoms with Crippen LogP contribution in [0.2, 0.25) is 0 Å². The molecule has 210 valence electrons. The minimum Gasteiger partial charge on any atom is -0.455 e. The molecule has 0 saturated carbocycles. The van der Waals surface area contributed by atoms with Gasteiger partial charge in [0.25, 0.3) is 0 Å². The summed E-state index contributed by atoms with van der Waals surface area (Å²) >= 11 is 0. The molecular formula is C44H28O. The monoisotopic (exact) mass is 576 g/mol. The van der Waals surface area contributed by atoms with Gasteiger partial charge in [0, 0.05) is 16.3 Å². The Labute approximate surface area is 267 Å². The van der Waals surface area contributed by atoms with Gasteiger partial charge in [0.15, 0.2) is 0 Å². The number of benzene rings is 8. The quantitative estimate of drug-likeness (QED) is 0.190. The van der Waals surface area contributed by atoms with Crippen molar-refractivity contribution in [2.24, 2.45) is 0 Å². The van der Waals surface area contributed by atoms with Crippen LogP contribution in [-0.4, -0.2) is 0 Å². The second-order valence-corrected chi connectivity index (χ2v) is 11.3. The number of furan rings is 1. The van der Waals surface area contributed by atoms with Crippen molar-refractivity contribution in [1.82, 2.24) is 0 Å². The number of hydrogen-bond donors (Lipinski definition) is 0. The molecule has 1 aromatic heterocycles. The third-order valence-electron chi connectivity index (χ3n) is 8.75. The van der Waals surface area contributed by atoms with Gasteiger partial charge < -0.3 is 4.42 Å². The molecule has 9 aromatic rings. The summed E-state index contributed by atoms with van der Waals surface area (Å²) in [5.74, 6) is 0. The van der Waals surface area contributed by atoms with E-state index in [4.69, 9.17) is 7.16 Å². The molecule has 0 aliphatic carbocycles. The van der Waals surface area contributed by atoms with Gasteiger partial charge in [-0.05, 0) is 66.6 Å². The fourth-order valence-corrected chi connectivity index (χ4v) is 6.78. The molecule has 8 aromatic carbocycles. The highest BCUT2D eigenvalue weighted by Gasteiger charge is 2.21. The summed E-state index contributed by atoms with van der Waals surface area (Å²) in [7, 11) is 0. The van der Waals surface area contributed by atoms with Crippen LogP contribution in [0.15, 0.2) is 174 Å². The van der Waals surface area contributed by atoms with Crippen molar-refractivity contribution >= 4 is 43.5 Å². The third kappa shape index (κ3) is 4.09. The number of para-hydroxylation sites is 1. The zero-order chi connectivity index (χ0) is 33.2. The van der Waals surface area contributed by atoms with Crippen LogP contribution in [-0.2, 0) is 0 Å². The molecule has 1 heteroatoms. The Balaban J connectivity index is 1.38. The van der Waals surface area contributed by atoms with Gasteiger partial charge in [-0.15, -0.1) is 0 Å². The van der Waals surface area contributed by atoms with E-state index in [2.05, 4.69) is 48.5 Å². The summed E-state index contributed by atoms with van der Waals surface area (Å²) in [4.78, 5) is 0. The Morgan fingerprint density at radius 1 is 0.356 bits per heavy atom. The maximum absolute atomic E-state index is 9.29. The molecule has 0 aliphatic heterocycles. The van der Waals surface area contributed by atoms with Crippen LogP contribution >= 0.6 is 0 Å². The first-order valence-corrected chi connectivity index (χ1v) is 15.1. The fraction of sp³-hybridized carbons (Fsp3) is 0. The second-order valence-electron chi connectivity index (χ2n) is 11.3. The van der Waals surface area contributed by atoms with E-state index in [1.165, 1.54) is 0 Å². The van der Waals surface area contributed by atoms with Gasteiger partial charge in [0.05, 0.1) is 5.48 Å². The Bertz CT molecular complexity index is 2660. The topological polar surface area (TPSA) is 13.1 Å². The van der Waals surface area contributed by atoms with Crippen molar-refractivity contribution in [3.8, 4) is 44.5 Å². The second kappa shape index (κ2) is 10.4. The largest absolute Gasteiger partial charge is 0.455 e. The van der Waals surface area contributed by atoms with Crippen LogP contribution in [0.1, 0.15) is 5.48 Å². The Morgan fingerprint density at radius 3 is 1.49 bits per heavy atom. The lowest BCUT2D eigenvalue weighted by Gasteiger charge is -2.18. The summed E-state index contributed by atoms with van der Waals surface area (Å²) < 4.78 is 43.4. The zero-order valence-electron chi connectivity index (χ0n) is 28.3. The number of hydrogen-bond acceptors (Lipinski definition) is 1. The summed E-state index contributed by atoms with van der Waals surface area (Å²) in [6, 6.07) is 48.0. The van der Waals surface area contributed by atoms with Gasteiger partial charge in [0.2, 0.25) is 0 Å². The molecule has 0 N–H and O–H groups in total. The minimum absolute atomic E-state index is 0.0525. The molecule has 0 bridgehead atoms. The first-order valence-electron chi connectivity index (χ1n) is 17.1. The summed E-state index contributed by atoms with van der Waals surface area (Å²) in [5, 5.41) is 5.69. The fourth-order valence-electron chi connectivity index (χ4n) is 6.78. The van der Waals surface area contributed by atoms with E-state index in [1.807, 2.05) is 97.1 Å². The van der Waals surface area contributed by atoms with Crippen molar-refractivity contribution in [2.75, 3.05) is 0 Å². The van der Waals surface area contributed by atoms with Crippen molar-refractivity contribution in [1.29, 1.82) is 0 Å². The van der Waals surface area contributed by atoms with E-state index < -0.39 is 0 Å². The molecule has 0 saturated heterocycles. The van der Waals surface area contributed by atoms with Crippen molar-refractivity contribution in [3.05, 3.63) is 170 Å². The van der Waals surface area contributed by atoms with Crippen LogP contribution in [0.25, 0.3) is 88.0 Å². The molecule has 0 aliphatic rings. The average Bonchev–Trinajstić information content (AvgIpc) is 3.54. The first-order chi connectivity index (χ1) is 24.0. The van der Waals surface area contributed by atoms with Crippen LogP contribution in [0.3, 0.4) is 0 Å². The van der Waals surface area contributed by atoms with E-state index in [9.17, 15) is 2.74 Å². The van der Waals surface area contributed by atoms with Crippen LogP contribution in [0.4, 0.5) is 0 Å². The highest BCUT2D eigenvalue weighted by atomic mass is 16.3. The minimum atomic E-state index is -0.0562. The van der Waals surface area contributed by atoms with Crippen molar-refractivity contribution < 1.29 is 9.90 Å². The van der Waals surface area contributed by atoms with Gasteiger partial charge in [-0.1, -0.05) is 164 Å². The van der Waals surface area contributed by atoms with Crippen LogP contribution < -0.4 is 0 Å². The van der Waals surface area contributed by atoms with Gasteiger partial charge >= 0.3 is 0 Å². The molecule has 1 nitrogen and oxygen atoms in total. The first kappa shape index (κ1) is 21.7. The number of fused-ring (bicyclic) bond motifs is 5. The third-order valence-corrected chi connectivity index (χ3v) is 8.75. The average molecular weight is 577 g/mol. The summed E-state index contributed by atoms with van der Waals surface area (Å²) in [6.07, 6.45) is 0. The molecule has 0 radical (unpaired) electrons. The molecule has 0 unspecified atom stereocenters. The smallest absolute Gasteiger partial charge is 0.143 e. The molecule has 45 heavy (non-hydrogen) atoms. The van der Waals surface area contributed by atoms with E-state index >= 15 is 0 Å². The van der Waals surface area contributed by atoms with Crippen LogP contribution in [0, 0.1) is 0 Å². The number of rotatable bonds is 4. The van der Waals surface area contributed by atoms with Crippen molar-refractivity contribution in [2.45, 2.75) is 0 Å². The van der Waals surface area contributed by atoms with Crippen LogP contribution in [0.5, 0.6) is 0 Å². The van der Waals surface area contributed by atoms with Gasteiger partial charge in [-0.2, -0.15) is 0 Å². The lowest BCUT2D eigenvalue weighted by molar-refractivity contribution is 0.670. The normalized spacial score (nSPS) is 12.8. The summed E-state index contributed by atoms with van der Waals surface area (Å²) in [5.41, 5.74) is 7.77. The Kier molecular flexibility index (Phi) is 5.00. The predicted octanol–water partition coefficient (Wildman–Crippen LogP) is 12.6. The summed E-state index contributed by atoms with van der Waals surface area (Å²) in [6.45, 7) is 0. The van der Waals surface area contributed by atoms with E-state index in [0.717, 1.165) is 65.7 Å². The zero-order valence-corrected chi connectivity index (χ0v) is 24.3. The van der Waals surface area contributed by atoms with Gasteiger partial charge in [-0.3, -0.25) is 0 Å². The molecular weight excluding hydrogens is 544 g/mol. The van der Waals surface area contributed by atoms with Gasteiger partial charge in [0.1, 0.15) is 11.2 Å². The molecule has 9 rings (SSSR count). The molecule has 1 heterocycles. The Morgan fingerprint density at radius 2 is 0.844 bits per heavy atom. The molecule has 0 amide bonds. The lowest BCUT2D eigenvalue weighted by Crippen LogP contribution is -1.91. The van der Waals surface area contributed by atoms with E-state index in [-0.39, 0.29) is 24.2 Å².